The Hall–Kier alpha value is -2.25. The van der Waals surface area contributed by atoms with E-state index in [1.807, 2.05) is 19.0 Å². The van der Waals surface area contributed by atoms with Crippen LogP contribution < -0.4 is 14.4 Å². The van der Waals surface area contributed by atoms with Crippen LogP contribution in [-0.2, 0) is 14.9 Å². The number of alkyl halides is 1. The van der Waals surface area contributed by atoms with Crippen molar-refractivity contribution in [2.75, 3.05) is 30.2 Å². The van der Waals surface area contributed by atoms with E-state index < -0.39 is 10.1 Å². The smallest absolute Gasteiger partial charge is 0.339 e. The van der Waals surface area contributed by atoms with Gasteiger partial charge < -0.3 is 14.4 Å². The van der Waals surface area contributed by atoms with Gasteiger partial charge in [-0.2, -0.15) is 8.42 Å². The summed E-state index contributed by atoms with van der Waals surface area (Å²) in [6.07, 6.45) is 0.826. The van der Waals surface area contributed by atoms with Gasteiger partial charge in [0, 0.05) is 37.8 Å². The summed E-state index contributed by atoms with van der Waals surface area (Å²) in [5.74, 6) is 0.384. The monoisotopic (exact) mass is 396 g/mol. The number of carbonyl (C=O) groups is 1. The van der Waals surface area contributed by atoms with Gasteiger partial charge in [-0.05, 0) is 48.9 Å². The minimum atomic E-state index is -4.01. The van der Waals surface area contributed by atoms with Gasteiger partial charge in [-0.3, -0.25) is 4.79 Å². The van der Waals surface area contributed by atoms with Crippen molar-refractivity contribution in [3.05, 3.63) is 48.5 Å². The van der Waals surface area contributed by atoms with Crippen molar-refractivity contribution in [3.8, 4) is 5.75 Å². The number of halogens is 1. The fourth-order valence-electron chi connectivity index (χ4n) is 2.15. The molecule has 0 bridgehead atoms. The third kappa shape index (κ3) is 5.64. The minimum absolute atomic E-state index is 0.0377. The number of benzene rings is 2. The quantitative estimate of drug-likeness (QED) is 0.546. The summed E-state index contributed by atoms with van der Waals surface area (Å²) in [6, 6.07) is 12.6. The van der Waals surface area contributed by atoms with Gasteiger partial charge >= 0.3 is 10.1 Å². The van der Waals surface area contributed by atoms with Crippen LogP contribution in [0.5, 0.6) is 5.75 Å². The second-order valence-corrected chi connectivity index (χ2v) is 7.72. The molecule has 2 aromatic rings. The highest BCUT2D eigenvalue weighted by atomic mass is 35.5. The lowest BCUT2D eigenvalue weighted by Crippen LogP contribution is -2.13. The minimum Gasteiger partial charge on any atom is -0.379 e. The summed E-state index contributed by atoms with van der Waals surface area (Å²) in [4.78, 5) is 13.6. The van der Waals surface area contributed by atoms with Crippen molar-refractivity contribution < 1.29 is 17.4 Å². The lowest BCUT2D eigenvalue weighted by molar-refractivity contribution is -0.116. The third-order valence-electron chi connectivity index (χ3n) is 3.50. The van der Waals surface area contributed by atoms with Crippen LogP contribution >= 0.6 is 11.6 Å². The molecule has 140 valence electrons. The maximum atomic E-state index is 12.5. The molecule has 1 N–H and O–H groups in total. The molecule has 0 aliphatic carbocycles. The Balaban J connectivity index is 2.13. The zero-order chi connectivity index (χ0) is 19.2. The molecule has 0 atom stereocenters. The number of nitrogens with one attached hydrogen (secondary N) is 1. The first-order valence-electron chi connectivity index (χ1n) is 7.99. The molecule has 0 unspecified atom stereocenters. The molecule has 26 heavy (non-hydrogen) atoms. The van der Waals surface area contributed by atoms with Gasteiger partial charge in [0.2, 0.25) is 5.91 Å². The van der Waals surface area contributed by atoms with E-state index in [2.05, 4.69) is 5.32 Å². The molecule has 0 fully saturated rings. The second-order valence-electron chi connectivity index (χ2n) is 5.79. The number of anilines is 2. The molecule has 0 aromatic heterocycles. The predicted molar refractivity (Wildman–Crippen MR) is 104 cm³/mol. The summed E-state index contributed by atoms with van der Waals surface area (Å²) in [6.45, 7) is 0. The Labute approximate surface area is 158 Å². The van der Waals surface area contributed by atoms with Gasteiger partial charge in [0.15, 0.2) is 0 Å². The highest BCUT2D eigenvalue weighted by molar-refractivity contribution is 7.87. The molecule has 6 nitrogen and oxygen atoms in total. The van der Waals surface area contributed by atoms with E-state index >= 15 is 0 Å². The molecule has 1 amide bonds. The van der Waals surface area contributed by atoms with Gasteiger partial charge in [0.05, 0.1) is 0 Å². The lowest BCUT2D eigenvalue weighted by atomic mass is 10.3. The average Bonchev–Trinajstić information content (AvgIpc) is 2.60. The number of hydrogen-bond donors (Lipinski definition) is 1. The maximum absolute atomic E-state index is 12.5. The molecular weight excluding hydrogens is 376 g/mol. The van der Waals surface area contributed by atoms with Gasteiger partial charge in [0.1, 0.15) is 10.6 Å². The predicted octanol–water partition coefficient (Wildman–Crippen LogP) is 3.48. The van der Waals surface area contributed by atoms with E-state index in [0.29, 0.717) is 18.0 Å². The molecule has 8 heteroatoms. The number of carbonyl (C=O) groups excluding carboxylic acids is 1. The van der Waals surface area contributed by atoms with Crippen LogP contribution in [0.1, 0.15) is 12.8 Å². The number of nitrogens with zero attached hydrogens (tertiary/aromatic N) is 1. The van der Waals surface area contributed by atoms with E-state index in [1.165, 1.54) is 12.1 Å². The van der Waals surface area contributed by atoms with Gasteiger partial charge in [-0.25, -0.2) is 0 Å². The van der Waals surface area contributed by atoms with Crippen LogP contribution in [-0.4, -0.2) is 34.3 Å². The Morgan fingerprint density at radius 1 is 1.15 bits per heavy atom. The Bertz CT molecular complexity index is 852. The fourth-order valence-corrected chi connectivity index (χ4v) is 3.27. The molecular formula is C18H21ClN2O4S. The summed E-state index contributed by atoms with van der Waals surface area (Å²) in [5, 5.41) is 2.65. The van der Waals surface area contributed by atoms with E-state index in [9.17, 15) is 13.2 Å². The summed E-state index contributed by atoms with van der Waals surface area (Å²) >= 11 is 5.56. The lowest BCUT2D eigenvalue weighted by Gasteiger charge is -2.13. The molecule has 0 heterocycles. The van der Waals surface area contributed by atoms with E-state index in [4.69, 9.17) is 15.8 Å². The maximum Gasteiger partial charge on any atom is 0.339 e. The van der Waals surface area contributed by atoms with Crippen LogP contribution in [0.4, 0.5) is 11.4 Å². The van der Waals surface area contributed by atoms with Crippen LogP contribution in [0.3, 0.4) is 0 Å². The van der Waals surface area contributed by atoms with Crippen molar-refractivity contribution in [2.45, 2.75) is 17.7 Å². The van der Waals surface area contributed by atoms with Gasteiger partial charge in [-0.1, -0.05) is 6.07 Å². The highest BCUT2D eigenvalue weighted by Crippen LogP contribution is 2.23. The first-order chi connectivity index (χ1) is 12.3. The molecule has 2 aromatic carbocycles. The number of amides is 1. The van der Waals surface area contributed by atoms with Gasteiger partial charge in [0.25, 0.3) is 0 Å². The van der Waals surface area contributed by atoms with Crippen molar-refractivity contribution in [1.82, 2.24) is 0 Å². The Morgan fingerprint density at radius 3 is 2.46 bits per heavy atom. The number of hydrogen-bond acceptors (Lipinski definition) is 5. The van der Waals surface area contributed by atoms with Gasteiger partial charge in [-0.15, -0.1) is 11.6 Å². The van der Waals surface area contributed by atoms with E-state index in [0.717, 1.165) is 5.69 Å². The van der Waals surface area contributed by atoms with Crippen molar-refractivity contribution in [2.24, 2.45) is 0 Å². The second kappa shape index (κ2) is 8.91. The molecule has 0 saturated carbocycles. The van der Waals surface area contributed by atoms with E-state index in [1.54, 1.807) is 36.4 Å². The van der Waals surface area contributed by atoms with Crippen LogP contribution in [0.25, 0.3) is 0 Å². The standard InChI is InChI=1S/C18H21ClN2O4S/c1-21(2)15-8-10-16(11-9-15)25-26(23,24)17-6-3-5-14(13-17)20-18(22)7-4-12-19/h3,5-6,8-11,13H,4,7,12H2,1-2H3,(H,20,22). The van der Waals surface area contributed by atoms with Crippen molar-refractivity contribution >= 4 is 39.0 Å². The summed E-state index contributed by atoms with van der Waals surface area (Å²) in [5.41, 5.74) is 1.31. The zero-order valence-corrected chi connectivity index (χ0v) is 16.2. The van der Waals surface area contributed by atoms with Crippen LogP contribution in [0.15, 0.2) is 53.4 Å². The normalized spacial score (nSPS) is 11.0. The molecule has 2 rings (SSSR count). The molecule has 0 spiro atoms. The Morgan fingerprint density at radius 2 is 1.85 bits per heavy atom. The SMILES string of the molecule is CN(C)c1ccc(OS(=O)(=O)c2cccc(NC(=O)CCCCl)c2)cc1. The zero-order valence-electron chi connectivity index (χ0n) is 14.6. The Kier molecular flexibility index (Phi) is 6.88. The molecule has 0 aliphatic heterocycles. The molecule has 0 radical (unpaired) electrons. The van der Waals surface area contributed by atoms with Crippen molar-refractivity contribution in [3.63, 3.8) is 0 Å². The molecule has 0 saturated heterocycles. The summed E-state index contributed by atoms with van der Waals surface area (Å²) < 4.78 is 30.1. The topological polar surface area (TPSA) is 75.7 Å². The largest absolute Gasteiger partial charge is 0.379 e. The molecule has 0 aliphatic rings. The van der Waals surface area contributed by atoms with Crippen LogP contribution in [0, 0.1) is 0 Å². The highest BCUT2D eigenvalue weighted by Gasteiger charge is 2.17. The first-order valence-corrected chi connectivity index (χ1v) is 9.94. The number of rotatable bonds is 8. The first kappa shape index (κ1) is 20.1. The van der Waals surface area contributed by atoms with E-state index in [-0.39, 0.29) is 23.0 Å². The average molecular weight is 397 g/mol. The van der Waals surface area contributed by atoms with Crippen molar-refractivity contribution in [1.29, 1.82) is 0 Å². The summed E-state index contributed by atoms with van der Waals surface area (Å²) in [7, 11) is -0.231. The van der Waals surface area contributed by atoms with Crippen LogP contribution in [0.2, 0.25) is 0 Å². The third-order valence-corrected chi connectivity index (χ3v) is 5.01. The fraction of sp³-hybridized carbons (Fsp3) is 0.278.